The van der Waals surface area contributed by atoms with Crippen LogP contribution in [0.4, 0.5) is 17.1 Å². The van der Waals surface area contributed by atoms with Crippen LogP contribution in [-0.2, 0) is 12.8 Å². The molecule has 0 heterocycles. The monoisotopic (exact) mass is 549 g/mol. The van der Waals surface area contributed by atoms with Crippen LogP contribution >= 0.6 is 8.58 Å². The fourth-order valence-electron chi connectivity index (χ4n) is 5.24. The zero-order chi connectivity index (χ0) is 27.9. The van der Waals surface area contributed by atoms with Crippen LogP contribution in [0.2, 0.25) is 0 Å². The summed E-state index contributed by atoms with van der Waals surface area (Å²) in [5, 5.41) is 13.8. The molecular weight excluding hydrogens is 517 g/mol. The van der Waals surface area contributed by atoms with Crippen LogP contribution in [0.15, 0.2) is 158 Å². The van der Waals surface area contributed by atoms with Gasteiger partial charge in [0.1, 0.15) is 5.75 Å². The lowest BCUT2D eigenvalue weighted by Crippen LogP contribution is -2.18. The van der Waals surface area contributed by atoms with Gasteiger partial charge in [0, 0.05) is 28.4 Å². The number of phenolic OH excluding ortho intramolecular Hbond substituents is 1. The van der Waals surface area contributed by atoms with Crippen LogP contribution in [-0.4, -0.2) is 5.11 Å². The molecule has 0 spiro atoms. The van der Waals surface area contributed by atoms with Crippen LogP contribution in [0.25, 0.3) is 0 Å². The molecular formula is C38H32NOP. The summed E-state index contributed by atoms with van der Waals surface area (Å²) in [6.07, 6.45) is 1.51. The second-order valence-corrected chi connectivity index (χ2v) is 11.5. The summed E-state index contributed by atoms with van der Waals surface area (Å²) < 4.78 is 0. The van der Waals surface area contributed by atoms with E-state index in [1.54, 1.807) is 0 Å². The van der Waals surface area contributed by atoms with Crippen molar-refractivity contribution in [2.75, 3.05) is 4.90 Å². The van der Waals surface area contributed by atoms with Gasteiger partial charge in [0.05, 0.1) is 5.69 Å². The third kappa shape index (κ3) is 6.40. The molecule has 0 aliphatic rings. The number of anilines is 3. The first-order chi connectivity index (χ1) is 20.2. The third-order valence-electron chi connectivity index (χ3n) is 7.18. The number of phenols is 1. The fraction of sp³-hybridized carbons (Fsp3) is 0.0526. The molecule has 0 aliphatic carbocycles. The highest BCUT2D eigenvalue weighted by Crippen LogP contribution is 2.36. The standard InChI is InChI=1S/C38H32NOP/c40-38-32(26-30-17-7-2-8-18-30)27-31(25-29-15-5-1-6-16-29)28-37(38)41-36-24-14-13-23-35(36)39(33-19-9-3-10-20-33)34-21-11-4-12-22-34/h1-24,27-28,40-41H,25-26H2. The van der Waals surface area contributed by atoms with Crippen LogP contribution < -0.4 is 15.5 Å². The van der Waals surface area contributed by atoms with Gasteiger partial charge in [-0.2, -0.15) is 0 Å². The highest BCUT2D eigenvalue weighted by atomic mass is 31.1. The summed E-state index contributed by atoms with van der Waals surface area (Å²) in [6.45, 7) is 0. The predicted molar refractivity (Wildman–Crippen MR) is 175 cm³/mol. The molecule has 6 aromatic rings. The van der Waals surface area contributed by atoms with E-state index in [1.165, 1.54) is 22.0 Å². The summed E-state index contributed by atoms with van der Waals surface area (Å²) in [7, 11) is 0.279. The van der Waals surface area contributed by atoms with Gasteiger partial charge in [-0.3, -0.25) is 0 Å². The Labute approximate surface area is 244 Å². The van der Waals surface area contributed by atoms with E-state index >= 15 is 0 Å². The van der Waals surface area contributed by atoms with Crippen molar-refractivity contribution in [2.45, 2.75) is 12.8 Å². The van der Waals surface area contributed by atoms with Crippen molar-refractivity contribution in [2.24, 2.45) is 0 Å². The van der Waals surface area contributed by atoms with E-state index in [0.717, 1.165) is 34.4 Å². The predicted octanol–water partition coefficient (Wildman–Crippen LogP) is 8.67. The normalized spacial score (nSPS) is 11.1. The van der Waals surface area contributed by atoms with E-state index in [0.29, 0.717) is 12.2 Å². The number of hydrogen-bond donors (Lipinski definition) is 1. The molecule has 0 saturated heterocycles. The Morgan fingerprint density at radius 1 is 0.463 bits per heavy atom. The van der Waals surface area contributed by atoms with Gasteiger partial charge in [0.15, 0.2) is 0 Å². The van der Waals surface area contributed by atoms with Crippen molar-refractivity contribution in [1.82, 2.24) is 0 Å². The Balaban J connectivity index is 1.43. The minimum atomic E-state index is 0.279. The molecule has 200 valence electrons. The molecule has 2 nitrogen and oxygen atoms in total. The Morgan fingerprint density at radius 2 is 0.951 bits per heavy atom. The summed E-state index contributed by atoms with van der Waals surface area (Å²) >= 11 is 0. The van der Waals surface area contributed by atoms with Crippen LogP contribution in [0, 0.1) is 0 Å². The zero-order valence-corrected chi connectivity index (χ0v) is 23.8. The highest BCUT2D eigenvalue weighted by molar-refractivity contribution is 7.56. The molecule has 41 heavy (non-hydrogen) atoms. The SMILES string of the molecule is Oc1c(Cc2ccccc2)cc(Cc2ccccc2)cc1Pc1ccccc1N(c1ccccc1)c1ccccc1. The fourth-order valence-corrected chi connectivity index (χ4v) is 6.57. The maximum Gasteiger partial charge on any atom is 0.126 e. The first-order valence-corrected chi connectivity index (χ1v) is 14.9. The molecule has 1 atom stereocenters. The quantitative estimate of drug-likeness (QED) is 0.182. The Hall–Kier alpha value is -4.65. The molecule has 1 N–H and O–H groups in total. The third-order valence-corrected chi connectivity index (χ3v) is 8.52. The zero-order valence-electron chi connectivity index (χ0n) is 22.8. The van der Waals surface area contributed by atoms with Crippen LogP contribution in [0.3, 0.4) is 0 Å². The average Bonchev–Trinajstić information content (AvgIpc) is 3.02. The second kappa shape index (κ2) is 12.7. The topological polar surface area (TPSA) is 23.5 Å². The molecule has 3 heteroatoms. The maximum atomic E-state index is 11.7. The largest absolute Gasteiger partial charge is 0.507 e. The lowest BCUT2D eigenvalue weighted by molar-refractivity contribution is 0.474. The highest BCUT2D eigenvalue weighted by Gasteiger charge is 2.18. The van der Waals surface area contributed by atoms with Crippen molar-refractivity contribution in [3.63, 3.8) is 0 Å². The van der Waals surface area contributed by atoms with E-state index in [-0.39, 0.29) is 8.58 Å². The molecule has 0 bridgehead atoms. The van der Waals surface area contributed by atoms with Gasteiger partial charge in [0.25, 0.3) is 0 Å². The molecule has 6 aromatic carbocycles. The lowest BCUT2D eigenvalue weighted by atomic mass is 9.98. The van der Waals surface area contributed by atoms with E-state index < -0.39 is 0 Å². The number of nitrogens with zero attached hydrogens (tertiary/aromatic N) is 1. The average molecular weight is 550 g/mol. The summed E-state index contributed by atoms with van der Waals surface area (Å²) in [6, 6.07) is 54.8. The number of aromatic hydroxyl groups is 1. The first kappa shape index (κ1) is 26.6. The Morgan fingerprint density at radius 3 is 1.54 bits per heavy atom. The first-order valence-electron chi connectivity index (χ1n) is 13.9. The van der Waals surface area contributed by atoms with Gasteiger partial charge in [-0.05, 0) is 65.1 Å². The molecule has 1 unspecified atom stereocenters. The van der Waals surface area contributed by atoms with Crippen LogP contribution in [0.1, 0.15) is 22.3 Å². The molecule has 0 aliphatic heterocycles. The lowest BCUT2D eigenvalue weighted by Gasteiger charge is -2.28. The molecule has 0 radical (unpaired) electrons. The molecule has 6 rings (SSSR count). The van der Waals surface area contributed by atoms with E-state index in [9.17, 15) is 5.11 Å². The van der Waals surface area contributed by atoms with Gasteiger partial charge >= 0.3 is 0 Å². The Kier molecular flexibility index (Phi) is 8.22. The summed E-state index contributed by atoms with van der Waals surface area (Å²) in [5.74, 6) is 0.393. The van der Waals surface area contributed by atoms with Crippen molar-refractivity contribution >= 4 is 36.3 Å². The number of para-hydroxylation sites is 3. The van der Waals surface area contributed by atoms with Gasteiger partial charge in [-0.25, -0.2) is 0 Å². The summed E-state index contributed by atoms with van der Waals surface area (Å²) in [4.78, 5) is 2.30. The second-order valence-electron chi connectivity index (χ2n) is 10.1. The maximum absolute atomic E-state index is 11.7. The van der Waals surface area contributed by atoms with Gasteiger partial charge < -0.3 is 10.0 Å². The van der Waals surface area contributed by atoms with Crippen molar-refractivity contribution in [3.05, 3.63) is 180 Å². The van der Waals surface area contributed by atoms with Gasteiger partial charge in [-0.1, -0.05) is 130 Å². The van der Waals surface area contributed by atoms with E-state index in [4.69, 9.17) is 0 Å². The molecule has 0 saturated carbocycles. The van der Waals surface area contributed by atoms with Crippen molar-refractivity contribution in [1.29, 1.82) is 0 Å². The smallest absolute Gasteiger partial charge is 0.126 e. The molecule has 0 fully saturated rings. The molecule has 0 aromatic heterocycles. The van der Waals surface area contributed by atoms with Gasteiger partial charge in [0.2, 0.25) is 0 Å². The van der Waals surface area contributed by atoms with Crippen molar-refractivity contribution in [3.8, 4) is 5.75 Å². The number of benzene rings is 6. The van der Waals surface area contributed by atoms with Crippen molar-refractivity contribution < 1.29 is 5.11 Å². The Bertz CT molecular complexity index is 1660. The minimum Gasteiger partial charge on any atom is -0.507 e. The van der Waals surface area contributed by atoms with Gasteiger partial charge in [-0.15, -0.1) is 0 Å². The molecule has 0 amide bonds. The van der Waals surface area contributed by atoms with E-state index in [1.807, 2.05) is 18.2 Å². The number of rotatable bonds is 9. The van der Waals surface area contributed by atoms with Crippen LogP contribution in [0.5, 0.6) is 5.75 Å². The number of hydrogen-bond acceptors (Lipinski definition) is 2. The van der Waals surface area contributed by atoms with E-state index in [2.05, 4.69) is 144 Å². The minimum absolute atomic E-state index is 0.279. The summed E-state index contributed by atoms with van der Waals surface area (Å²) in [5.41, 5.74) is 7.94.